The molecule has 0 spiro atoms. The molecule has 4 saturated carbocycles. The Morgan fingerprint density at radius 1 is 1.03 bits per heavy atom. The van der Waals surface area contributed by atoms with E-state index in [0.717, 1.165) is 19.3 Å². The third-order valence-corrected chi connectivity index (χ3v) is 7.59. The van der Waals surface area contributed by atoms with E-state index >= 15 is 0 Å². The number of hydrogen-bond acceptors (Lipinski definition) is 5. The summed E-state index contributed by atoms with van der Waals surface area (Å²) in [5, 5.41) is 8.49. The number of amides is 3. The average molecular weight is 463 g/mol. The molecule has 0 aliphatic heterocycles. The Morgan fingerprint density at radius 2 is 1.74 bits per heavy atom. The second-order valence-electron chi connectivity index (χ2n) is 10.0. The van der Waals surface area contributed by atoms with Crippen LogP contribution in [0.4, 0.5) is 11.4 Å². The van der Waals surface area contributed by atoms with Gasteiger partial charge in [-0.05, 0) is 80.5 Å². The molecule has 2 aromatic rings. The van der Waals surface area contributed by atoms with Crippen LogP contribution in [0.25, 0.3) is 0 Å². The van der Waals surface area contributed by atoms with Gasteiger partial charge in [0.1, 0.15) is 5.75 Å². The molecule has 4 aliphatic carbocycles. The largest absolute Gasteiger partial charge is 0.494 e. The van der Waals surface area contributed by atoms with E-state index in [9.17, 15) is 14.4 Å². The first kappa shape index (κ1) is 22.4. The first-order valence-corrected chi connectivity index (χ1v) is 11.9. The number of carbonyl (C=O) groups is 3. The highest BCUT2D eigenvalue weighted by atomic mass is 16.5. The van der Waals surface area contributed by atoms with Crippen LogP contribution in [0.5, 0.6) is 5.75 Å². The summed E-state index contributed by atoms with van der Waals surface area (Å²) >= 11 is 0. The molecule has 0 atom stereocenters. The number of carbonyl (C=O) groups excluding carboxylic acids is 3. The van der Waals surface area contributed by atoms with Crippen LogP contribution in [0.3, 0.4) is 0 Å². The quantitative estimate of drug-likeness (QED) is 0.582. The van der Waals surface area contributed by atoms with Crippen LogP contribution in [-0.4, -0.2) is 36.4 Å². The van der Waals surface area contributed by atoms with E-state index in [2.05, 4.69) is 20.9 Å². The van der Waals surface area contributed by atoms with Gasteiger partial charge < -0.3 is 20.7 Å². The van der Waals surface area contributed by atoms with Crippen LogP contribution < -0.4 is 20.7 Å². The smallest absolute Gasteiger partial charge is 0.257 e. The van der Waals surface area contributed by atoms with E-state index in [0.29, 0.717) is 40.4 Å². The number of benzene rings is 1. The monoisotopic (exact) mass is 462 g/mol. The Labute approximate surface area is 198 Å². The van der Waals surface area contributed by atoms with Crippen molar-refractivity contribution >= 4 is 29.1 Å². The highest BCUT2D eigenvalue weighted by Gasteiger charge is 2.54. The summed E-state index contributed by atoms with van der Waals surface area (Å²) in [7, 11) is 1.49. The molecular weight excluding hydrogens is 432 g/mol. The highest BCUT2D eigenvalue weighted by Crippen LogP contribution is 2.60. The Hall–Kier alpha value is -3.42. The molecule has 1 aromatic carbocycles. The molecule has 4 aliphatic rings. The maximum Gasteiger partial charge on any atom is 0.257 e. The Kier molecular flexibility index (Phi) is 5.98. The van der Waals surface area contributed by atoms with Gasteiger partial charge in [-0.1, -0.05) is 0 Å². The minimum atomic E-state index is -0.310. The second kappa shape index (κ2) is 9.08. The van der Waals surface area contributed by atoms with Crippen LogP contribution in [0.15, 0.2) is 42.7 Å². The lowest BCUT2D eigenvalue weighted by molar-refractivity contribution is -0.146. The van der Waals surface area contributed by atoms with Crippen molar-refractivity contribution in [1.82, 2.24) is 10.3 Å². The summed E-state index contributed by atoms with van der Waals surface area (Å²) in [5.41, 5.74) is 1.15. The van der Waals surface area contributed by atoms with Crippen molar-refractivity contribution < 1.29 is 19.1 Å². The van der Waals surface area contributed by atoms with E-state index in [1.54, 1.807) is 36.5 Å². The van der Waals surface area contributed by atoms with Gasteiger partial charge in [0, 0.05) is 29.6 Å². The lowest BCUT2D eigenvalue weighted by Gasteiger charge is -2.55. The predicted octanol–water partition coefficient (Wildman–Crippen LogP) is 3.61. The maximum atomic E-state index is 13.1. The lowest BCUT2D eigenvalue weighted by Crippen LogP contribution is -2.54. The van der Waals surface area contributed by atoms with Crippen molar-refractivity contribution in [2.45, 2.75) is 38.5 Å². The molecule has 8 heteroatoms. The molecule has 0 unspecified atom stereocenters. The van der Waals surface area contributed by atoms with Gasteiger partial charge in [0.25, 0.3) is 5.91 Å². The Balaban J connectivity index is 1.17. The van der Waals surface area contributed by atoms with Crippen LogP contribution in [0.1, 0.15) is 48.9 Å². The predicted molar refractivity (Wildman–Crippen MR) is 127 cm³/mol. The normalized spacial score (nSPS) is 26.6. The van der Waals surface area contributed by atoms with Crippen LogP contribution in [0.2, 0.25) is 0 Å². The van der Waals surface area contributed by atoms with Gasteiger partial charge in [0.15, 0.2) is 0 Å². The molecule has 8 nitrogen and oxygen atoms in total. The first-order chi connectivity index (χ1) is 16.4. The van der Waals surface area contributed by atoms with Gasteiger partial charge in [-0.25, -0.2) is 0 Å². The van der Waals surface area contributed by atoms with Gasteiger partial charge in [-0.15, -0.1) is 0 Å². The Morgan fingerprint density at radius 3 is 2.35 bits per heavy atom. The van der Waals surface area contributed by atoms with Crippen molar-refractivity contribution in [1.29, 1.82) is 0 Å². The lowest BCUT2D eigenvalue weighted by atomic mass is 9.49. The SMILES string of the molecule is COc1cc(NC(=O)CNC(=O)C23CC4CC(CC(C4)C2)C3)ccc1NC(=O)c1cccnc1. The van der Waals surface area contributed by atoms with Gasteiger partial charge in [-0.2, -0.15) is 0 Å². The molecular formula is C26H30N4O4. The zero-order valence-corrected chi connectivity index (χ0v) is 19.3. The standard InChI is InChI=1S/C26H30N4O4/c1-34-22-10-20(4-5-21(22)30-24(32)19-3-2-6-27-14-19)29-23(31)15-28-25(33)26-11-16-7-17(12-26)9-18(8-16)13-26/h2-6,10,14,16-18H,7-9,11-13,15H2,1H3,(H,28,33)(H,29,31)(H,30,32). The summed E-state index contributed by atoms with van der Waals surface area (Å²) in [5.74, 6) is 1.87. The summed E-state index contributed by atoms with van der Waals surface area (Å²) in [6.45, 7) is -0.0671. The van der Waals surface area contributed by atoms with Crippen LogP contribution in [0, 0.1) is 23.2 Å². The molecule has 4 fully saturated rings. The molecule has 1 heterocycles. The fourth-order valence-corrected chi connectivity index (χ4v) is 6.51. The summed E-state index contributed by atoms with van der Waals surface area (Å²) in [6, 6.07) is 8.34. The Bertz CT molecular complexity index is 1070. The minimum absolute atomic E-state index is 0.0350. The number of aromatic nitrogens is 1. The van der Waals surface area contributed by atoms with Gasteiger partial charge in [0.2, 0.25) is 11.8 Å². The number of nitrogens with one attached hydrogen (secondary N) is 3. The number of methoxy groups -OCH3 is 1. The molecule has 178 valence electrons. The first-order valence-electron chi connectivity index (χ1n) is 11.9. The number of pyridine rings is 1. The van der Waals surface area contributed by atoms with E-state index in [4.69, 9.17) is 4.74 Å². The van der Waals surface area contributed by atoms with Crippen LogP contribution >= 0.6 is 0 Å². The zero-order valence-electron chi connectivity index (χ0n) is 19.3. The molecule has 3 amide bonds. The molecule has 1 aromatic heterocycles. The van der Waals surface area contributed by atoms with E-state index < -0.39 is 0 Å². The zero-order chi connectivity index (χ0) is 23.7. The summed E-state index contributed by atoms with van der Waals surface area (Å²) in [6.07, 6.45) is 9.80. The summed E-state index contributed by atoms with van der Waals surface area (Å²) < 4.78 is 5.39. The van der Waals surface area contributed by atoms with Crippen LogP contribution in [-0.2, 0) is 9.59 Å². The maximum absolute atomic E-state index is 13.1. The van der Waals surface area contributed by atoms with Crippen molar-refractivity contribution in [2.75, 3.05) is 24.3 Å². The minimum Gasteiger partial charge on any atom is -0.494 e. The fraction of sp³-hybridized carbons (Fsp3) is 0.462. The van der Waals surface area contributed by atoms with Crippen molar-refractivity contribution in [2.24, 2.45) is 23.2 Å². The summed E-state index contributed by atoms with van der Waals surface area (Å²) in [4.78, 5) is 42.0. The molecule has 34 heavy (non-hydrogen) atoms. The number of anilines is 2. The number of ether oxygens (including phenoxy) is 1. The topological polar surface area (TPSA) is 109 Å². The van der Waals surface area contributed by atoms with Crippen molar-refractivity contribution in [3.05, 3.63) is 48.3 Å². The van der Waals surface area contributed by atoms with Gasteiger partial charge in [0.05, 0.1) is 24.9 Å². The molecule has 3 N–H and O–H groups in total. The second-order valence-corrected chi connectivity index (χ2v) is 10.0. The van der Waals surface area contributed by atoms with E-state index in [1.165, 1.54) is 32.6 Å². The van der Waals surface area contributed by atoms with Gasteiger partial charge >= 0.3 is 0 Å². The molecule has 0 saturated heterocycles. The van der Waals surface area contributed by atoms with Gasteiger partial charge in [-0.3, -0.25) is 19.4 Å². The van der Waals surface area contributed by atoms with E-state index in [-0.39, 0.29) is 29.7 Å². The van der Waals surface area contributed by atoms with E-state index in [1.807, 2.05) is 0 Å². The molecule has 0 radical (unpaired) electrons. The molecule has 4 bridgehead atoms. The average Bonchev–Trinajstić information content (AvgIpc) is 2.83. The number of hydrogen-bond donors (Lipinski definition) is 3. The third-order valence-electron chi connectivity index (χ3n) is 7.59. The number of rotatable bonds is 7. The highest BCUT2D eigenvalue weighted by molar-refractivity contribution is 6.05. The number of nitrogens with zero attached hydrogens (tertiary/aromatic N) is 1. The molecule has 6 rings (SSSR count). The van der Waals surface area contributed by atoms with Crippen molar-refractivity contribution in [3.8, 4) is 5.75 Å². The fourth-order valence-electron chi connectivity index (χ4n) is 6.51. The third kappa shape index (κ3) is 4.49. The van der Waals surface area contributed by atoms with Crippen molar-refractivity contribution in [3.63, 3.8) is 0 Å².